The predicted molar refractivity (Wildman–Crippen MR) is 95.6 cm³/mol. The van der Waals surface area contributed by atoms with Crippen molar-refractivity contribution in [3.8, 4) is 0 Å². The van der Waals surface area contributed by atoms with Gasteiger partial charge in [-0.2, -0.15) is 10.1 Å². The molecule has 140 valence electrons. The van der Waals surface area contributed by atoms with E-state index in [1.54, 1.807) is 10.7 Å². The number of hydrogen-bond acceptors (Lipinski definition) is 5. The van der Waals surface area contributed by atoms with Crippen LogP contribution in [0.5, 0.6) is 0 Å². The number of carbonyl (C=O) groups is 1. The van der Waals surface area contributed by atoms with Crippen LogP contribution >= 0.6 is 0 Å². The summed E-state index contributed by atoms with van der Waals surface area (Å²) >= 11 is 0. The third-order valence-corrected chi connectivity index (χ3v) is 5.85. The van der Waals surface area contributed by atoms with Crippen LogP contribution in [0, 0.1) is 11.3 Å². The van der Waals surface area contributed by atoms with Crippen LogP contribution in [0.1, 0.15) is 67.7 Å². The predicted octanol–water partition coefficient (Wildman–Crippen LogP) is 2.80. The lowest BCUT2D eigenvalue weighted by Crippen LogP contribution is -2.31. The van der Waals surface area contributed by atoms with E-state index < -0.39 is 0 Å². The molecule has 1 amide bonds. The summed E-state index contributed by atoms with van der Waals surface area (Å²) in [6.45, 7) is 5.70. The minimum atomic E-state index is 0.00488. The first-order chi connectivity index (χ1) is 12.5. The van der Waals surface area contributed by atoms with Crippen molar-refractivity contribution in [2.45, 2.75) is 51.9 Å². The van der Waals surface area contributed by atoms with Gasteiger partial charge in [0, 0.05) is 38.7 Å². The second-order valence-electron chi connectivity index (χ2n) is 8.33. The Morgan fingerprint density at radius 3 is 2.81 bits per heavy atom. The highest BCUT2D eigenvalue weighted by Crippen LogP contribution is 2.52. The zero-order valence-electron chi connectivity index (χ0n) is 15.8. The van der Waals surface area contributed by atoms with Crippen LogP contribution in [-0.2, 0) is 13.5 Å². The molecule has 2 aromatic rings. The summed E-state index contributed by atoms with van der Waals surface area (Å²) in [5, 5.41) is 8.58. The van der Waals surface area contributed by atoms with Crippen LogP contribution in [0.2, 0.25) is 0 Å². The van der Waals surface area contributed by atoms with Crippen molar-refractivity contribution < 1.29 is 9.32 Å². The summed E-state index contributed by atoms with van der Waals surface area (Å²) in [6.07, 6.45) is 7.26. The van der Waals surface area contributed by atoms with E-state index in [1.807, 2.05) is 18.1 Å². The number of likely N-dealkylation sites (tertiary alicyclic amines) is 1. The van der Waals surface area contributed by atoms with Gasteiger partial charge in [0.15, 0.2) is 5.82 Å². The van der Waals surface area contributed by atoms with Crippen molar-refractivity contribution in [2.24, 2.45) is 18.4 Å². The lowest BCUT2D eigenvalue weighted by Gasteiger charge is -2.27. The topological polar surface area (TPSA) is 77.1 Å². The van der Waals surface area contributed by atoms with Crippen LogP contribution in [0.25, 0.3) is 0 Å². The molecule has 2 aliphatic rings. The van der Waals surface area contributed by atoms with Gasteiger partial charge in [0.25, 0.3) is 5.91 Å². The molecule has 1 spiro atoms. The number of amides is 1. The SMILES string of the molecule is CC(C)Cc1nc(C2CN(C(=O)c3ccn(C)n3)CC23CCCC3)no1. The molecule has 7 nitrogen and oxygen atoms in total. The highest BCUT2D eigenvalue weighted by atomic mass is 16.5. The molecule has 1 saturated heterocycles. The highest BCUT2D eigenvalue weighted by Gasteiger charge is 2.51. The van der Waals surface area contributed by atoms with Crippen molar-refractivity contribution >= 4 is 5.91 Å². The van der Waals surface area contributed by atoms with Crippen molar-refractivity contribution in [3.05, 3.63) is 29.7 Å². The summed E-state index contributed by atoms with van der Waals surface area (Å²) in [5.74, 6) is 2.12. The molecule has 0 bridgehead atoms. The average Bonchev–Trinajstić information content (AvgIpc) is 3.35. The Labute approximate surface area is 153 Å². The van der Waals surface area contributed by atoms with Gasteiger partial charge in [0.1, 0.15) is 5.69 Å². The molecule has 1 unspecified atom stereocenters. The molecule has 0 radical (unpaired) electrons. The Kier molecular flexibility index (Phi) is 4.32. The third kappa shape index (κ3) is 3.04. The van der Waals surface area contributed by atoms with Gasteiger partial charge in [0.05, 0.1) is 0 Å². The minimum absolute atomic E-state index is 0.00488. The summed E-state index contributed by atoms with van der Waals surface area (Å²) < 4.78 is 7.16. The minimum Gasteiger partial charge on any atom is -0.339 e. The van der Waals surface area contributed by atoms with Gasteiger partial charge in [-0.25, -0.2) is 0 Å². The summed E-state index contributed by atoms with van der Waals surface area (Å²) in [6, 6.07) is 1.78. The molecule has 2 aromatic heterocycles. The average molecular weight is 357 g/mol. The van der Waals surface area contributed by atoms with Gasteiger partial charge in [-0.3, -0.25) is 9.48 Å². The maximum atomic E-state index is 12.9. The maximum absolute atomic E-state index is 12.9. The van der Waals surface area contributed by atoms with Gasteiger partial charge in [-0.05, 0) is 30.2 Å². The highest BCUT2D eigenvalue weighted by molar-refractivity contribution is 5.92. The first-order valence-corrected chi connectivity index (χ1v) is 9.58. The molecular formula is C19H27N5O2. The van der Waals surface area contributed by atoms with E-state index in [2.05, 4.69) is 29.1 Å². The maximum Gasteiger partial charge on any atom is 0.274 e. The number of nitrogens with zero attached hydrogens (tertiary/aromatic N) is 5. The van der Waals surface area contributed by atoms with Crippen molar-refractivity contribution in [1.29, 1.82) is 0 Å². The third-order valence-electron chi connectivity index (χ3n) is 5.85. The Bertz CT molecular complexity index is 787. The smallest absolute Gasteiger partial charge is 0.274 e. The fourth-order valence-corrected chi connectivity index (χ4v) is 4.60. The summed E-state index contributed by atoms with van der Waals surface area (Å²) in [4.78, 5) is 19.5. The monoisotopic (exact) mass is 357 g/mol. The van der Waals surface area contributed by atoms with Gasteiger partial charge in [-0.1, -0.05) is 31.8 Å². The molecule has 2 fully saturated rings. The fraction of sp³-hybridized carbons (Fsp3) is 0.684. The second kappa shape index (κ2) is 6.52. The van der Waals surface area contributed by atoms with E-state index in [0.29, 0.717) is 24.0 Å². The number of rotatable bonds is 4. The molecule has 1 aliphatic carbocycles. The largest absolute Gasteiger partial charge is 0.339 e. The first kappa shape index (κ1) is 17.2. The second-order valence-corrected chi connectivity index (χ2v) is 8.33. The molecule has 0 aromatic carbocycles. The van der Waals surface area contributed by atoms with E-state index >= 15 is 0 Å². The van der Waals surface area contributed by atoms with Crippen LogP contribution in [0.15, 0.2) is 16.8 Å². The van der Waals surface area contributed by atoms with E-state index in [4.69, 9.17) is 4.52 Å². The lowest BCUT2D eigenvalue weighted by molar-refractivity contribution is 0.0766. The molecule has 4 rings (SSSR count). The van der Waals surface area contributed by atoms with E-state index in [-0.39, 0.29) is 17.2 Å². The Hall–Kier alpha value is -2.18. The zero-order chi connectivity index (χ0) is 18.3. The van der Waals surface area contributed by atoms with Crippen LogP contribution < -0.4 is 0 Å². The number of aryl methyl sites for hydroxylation is 1. The molecule has 1 atom stereocenters. The molecular weight excluding hydrogens is 330 g/mol. The van der Waals surface area contributed by atoms with Crippen LogP contribution in [0.4, 0.5) is 0 Å². The van der Waals surface area contributed by atoms with Gasteiger partial charge < -0.3 is 9.42 Å². The lowest BCUT2D eigenvalue weighted by atomic mass is 9.76. The van der Waals surface area contributed by atoms with E-state index in [9.17, 15) is 4.79 Å². The zero-order valence-corrected chi connectivity index (χ0v) is 15.8. The molecule has 26 heavy (non-hydrogen) atoms. The summed E-state index contributed by atoms with van der Waals surface area (Å²) in [5.41, 5.74) is 0.596. The van der Waals surface area contributed by atoms with Crippen molar-refractivity contribution in [2.75, 3.05) is 13.1 Å². The van der Waals surface area contributed by atoms with Crippen molar-refractivity contribution in [3.63, 3.8) is 0 Å². The quantitative estimate of drug-likeness (QED) is 0.841. The Balaban J connectivity index is 1.59. The van der Waals surface area contributed by atoms with Crippen LogP contribution in [-0.4, -0.2) is 43.8 Å². The van der Waals surface area contributed by atoms with Gasteiger partial charge >= 0.3 is 0 Å². The van der Waals surface area contributed by atoms with E-state index in [0.717, 1.165) is 31.6 Å². The number of hydrogen-bond donors (Lipinski definition) is 0. The standard InChI is InChI=1S/C19H27N5O2/c1-13(2)10-16-20-17(22-26-16)14-11-24(12-19(14)7-4-5-8-19)18(25)15-6-9-23(3)21-15/h6,9,13-14H,4-5,7-8,10-12H2,1-3H3. The van der Waals surface area contributed by atoms with E-state index in [1.165, 1.54) is 12.8 Å². The van der Waals surface area contributed by atoms with Gasteiger partial charge in [0.2, 0.25) is 5.89 Å². The molecule has 1 aliphatic heterocycles. The number of carbonyl (C=O) groups excluding carboxylic acids is 1. The van der Waals surface area contributed by atoms with Crippen molar-refractivity contribution in [1.82, 2.24) is 24.8 Å². The van der Waals surface area contributed by atoms with Gasteiger partial charge in [-0.15, -0.1) is 0 Å². The molecule has 3 heterocycles. The molecule has 0 N–H and O–H groups in total. The Morgan fingerprint density at radius 1 is 1.38 bits per heavy atom. The first-order valence-electron chi connectivity index (χ1n) is 9.58. The summed E-state index contributed by atoms with van der Waals surface area (Å²) in [7, 11) is 1.83. The van der Waals surface area contributed by atoms with Crippen LogP contribution in [0.3, 0.4) is 0 Å². The normalized spacial score (nSPS) is 22.0. The molecule has 7 heteroatoms. The molecule has 1 saturated carbocycles. The Morgan fingerprint density at radius 2 is 2.15 bits per heavy atom. The fourth-order valence-electron chi connectivity index (χ4n) is 4.60. The number of aromatic nitrogens is 4.